The van der Waals surface area contributed by atoms with Crippen molar-refractivity contribution >= 4 is 22.4 Å². The minimum Gasteiger partial charge on any atom is -0.329 e. The first kappa shape index (κ1) is 13.1. The first-order valence-electron chi connectivity index (χ1n) is 5.52. The maximum absolute atomic E-state index is 12.1. The number of rotatable bonds is 5. The van der Waals surface area contributed by atoms with E-state index in [2.05, 4.69) is 10.3 Å². The summed E-state index contributed by atoms with van der Waals surface area (Å²) in [5.74, 6) is -0.0191. The van der Waals surface area contributed by atoms with Crippen molar-refractivity contribution in [3.8, 4) is 0 Å². The number of thiazole rings is 1. The number of amides is 1. The van der Waals surface area contributed by atoms with Crippen LogP contribution in [-0.2, 0) is 4.79 Å². The number of hydrogen-bond acceptors (Lipinski definition) is 4. The molecule has 0 bridgehead atoms. The molecule has 0 aliphatic rings. The van der Waals surface area contributed by atoms with E-state index in [0.717, 1.165) is 17.7 Å². The number of carbonyl (C=O) groups excluding carboxylic acids is 1. The highest BCUT2D eigenvalue weighted by Gasteiger charge is 2.33. The quantitative estimate of drug-likeness (QED) is 0.830. The zero-order valence-corrected chi connectivity index (χ0v) is 10.9. The molecular weight excluding hydrogens is 222 g/mol. The zero-order chi connectivity index (χ0) is 12.2. The summed E-state index contributed by atoms with van der Waals surface area (Å²) in [6, 6.07) is 0. The molecule has 1 heterocycles. The Bertz CT molecular complexity index is 350. The molecule has 1 amide bonds. The molecule has 0 aromatic carbocycles. The van der Waals surface area contributed by atoms with E-state index in [1.807, 2.05) is 20.8 Å². The standard InChI is InChI=1S/C11H19N3OS/c1-4-11(5-2,7-12)9(15)14-10-13-6-8(3)16-10/h6H,4-5,7,12H2,1-3H3,(H,13,14,15). The first-order chi connectivity index (χ1) is 7.57. The summed E-state index contributed by atoms with van der Waals surface area (Å²) < 4.78 is 0. The van der Waals surface area contributed by atoms with Crippen molar-refractivity contribution in [2.75, 3.05) is 11.9 Å². The van der Waals surface area contributed by atoms with Crippen LogP contribution in [0.25, 0.3) is 0 Å². The second kappa shape index (κ2) is 5.41. The molecule has 1 rings (SSSR count). The molecule has 3 N–H and O–H groups in total. The summed E-state index contributed by atoms with van der Waals surface area (Å²) in [6.07, 6.45) is 3.24. The Morgan fingerprint density at radius 2 is 2.19 bits per heavy atom. The molecule has 0 aliphatic heterocycles. The second-order valence-corrected chi connectivity index (χ2v) is 5.16. The number of aryl methyl sites for hydroxylation is 1. The molecule has 0 unspecified atom stereocenters. The van der Waals surface area contributed by atoms with Gasteiger partial charge in [0.25, 0.3) is 0 Å². The lowest BCUT2D eigenvalue weighted by molar-refractivity contribution is -0.125. The number of nitrogens with zero attached hydrogens (tertiary/aromatic N) is 1. The number of carbonyl (C=O) groups is 1. The predicted molar refractivity (Wildman–Crippen MR) is 67.6 cm³/mol. The van der Waals surface area contributed by atoms with Gasteiger partial charge < -0.3 is 11.1 Å². The normalized spacial score (nSPS) is 11.5. The fraction of sp³-hybridized carbons (Fsp3) is 0.636. The minimum absolute atomic E-state index is 0.0191. The highest BCUT2D eigenvalue weighted by Crippen LogP contribution is 2.27. The molecule has 90 valence electrons. The maximum atomic E-state index is 12.1. The Labute approximate surface area is 100 Å². The van der Waals surface area contributed by atoms with Crippen LogP contribution in [0.2, 0.25) is 0 Å². The monoisotopic (exact) mass is 241 g/mol. The lowest BCUT2D eigenvalue weighted by Crippen LogP contribution is -2.41. The molecule has 4 nitrogen and oxygen atoms in total. The topological polar surface area (TPSA) is 68.0 Å². The second-order valence-electron chi connectivity index (χ2n) is 3.92. The molecule has 0 saturated carbocycles. The summed E-state index contributed by atoms with van der Waals surface area (Å²) in [7, 11) is 0. The van der Waals surface area contributed by atoms with Gasteiger partial charge in [-0.2, -0.15) is 0 Å². The van der Waals surface area contributed by atoms with Crippen LogP contribution in [0.1, 0.15) is 31.6 Å². The average Bonchev–Trinajstić information content (AvgIpc) is 2.67. The van der Waals surface area contributed by atoms with E-state index in [-0.39, 0.29) is 5.91 Å². The first-order valence-corrected chi connectivity index (χ1v) is 6.33. The predicted octanol–water partition coefficient (Wildman–Crippen LogP) is 2.16. The molecule has 0 saturated heterocycles. The Kier molecular flexibility index (Phi) is 4.44. The van der Waals surface area contributed by atoms with Crippen molar-refractivity contribution in [2.45, 2.75) is 33.6 Å². The Morgan fingerprint density at radius 1 is 1.56 bits per heavy atom. The van der Waals surface area contributed by atoms with Gasteiger partial charge in [-0.1, -0.05) is 13.8 Å². The summed E-state index contributed by atoms with van der Waals surface area (Å²) in [6.45, 7) is 6.31. The summed E-state index contributed by atoms with van der Waals surface area (Å²) >= 11 is 1.48. The van der Waals surface area contributed by atoms with Crippen molar-refractivity contribution in [3.05, 3.63) is 11.1 Å². The third kappa shape index (κ3) is 2.59. The fourth-order valence-electron chi connectivity index (χ4n) is 1.59. The third-order valence-corrected chi connectivity index (χ3v) is 3.90. The van der Waals surface area contributed by atoms with Crippen LogP contribution in [-0.4, -0.2) is 17.4 Å². The lowest BCUT2D eigenvalue weighted by Gasteiger charge is -2.27. The number of aromatic nitrogens is 1. The SMILES string of the molecule is CCC(CC)(CN)C(=O)Nc1ncc(C)s1. The van der Waals surface area contributed by atoms with Crippen LogP contribution in [0.5, 0.6) is 0 Å². The summed E-state index contributed by atoms with van der Waals surface area (Å²) in [4.78, 5) is 17.3. The van der Waals surface area contributed by atoms with Gasteiger partial charge in [-0.15, -0.1) is 11.3 Å². The van der Waals surface area contributed by atoms with Gasteiger partial charge in [-0.05, 0) is 19.8 Å². The molecule has 1 aromatic rings. The molecule has 0 spiro atoms. The number of nitrogens with two attached hydrogens (primary N) is 1. The molecule has 0 fully saturated rings. The van der Waals surface area contributed by atoms with Crippen molar-refractivity contribution in [1.82, 2.24) is 4.98 Å². The fourth-order valence-corrected chi connectivity index (χ4v) is 2.25. The highest BCUT2D eigenvalue weighted by molar-refractivity contribution is 7.15. The number of hydrogen-bond donors (Lipinski definition) is 2. The molecule has 0 radical (unpaired) electrons. The molecular formula is C11H19N3OS. The van der Waals surface area contributed by atoms with Crippen LogP contribution in [0.15, 0.2) is 6.20 Å². The van der Waals surface area contributed by atoms with Gasteiger partial charge >= 0.3 is 0 Å². The van der Waals surface area contributed by atoms with Gasteiger partial charge in [0.2, 0.25) is 5.91 Å². The molecule has 16 heavy (non-hydrogen) atoms. The Hall–Kier alpha value is -0.940. The highest BCUT2D eigenvalue weighted by atomic mass is 32.1. The average molecular weight is 241 g/mol. The van der Waals surface area contributed by atoms with E-state index in [4.69, 9.17) is 5.73 Å². The van der Waals surface area contributed by atoms with Crippen molar-refractivity contribution in [3.63, 3.8) is 0 Å². The van der Waals surface area contributed by atoms with Gasteiger partial charge in [0, 0.05) is 17.6 Å². The van der Waals surface area contributed by atoms with E-state index in [1.165, 1.54) is 11.3 Å². The van der Waals surface area contributed by atoms with Gasteiger partial charge in [0.1, 0.15) is 0 Å². The van der Waals surface area contributed by atoms with Crippen LogP contribution >= 0.6 is 11.3 Å². The van der Waals surface area contributed by atoms with E-state index in [1.54, 1.807) is 6.20 Å². The molecule has 1 aromatic heterocycles. The zero-order valence-electron chi connectivity index (χ0n) is 10.0. The summed E-state index contributed by atoms with van der Waals surface area (Å²) in [5, 5.41) is 3.50. The third-order valence-electron chi connectivity index (χ3n) is 3.07. The maximum Gasteiger partial charge on any atom is 0.233 e. The van der Waals surface area contributed by atoms with Crippen molar-refractivity contribution in [2.24, 2.45) is 11.1 Å². The van der Waals surface area contributed by atoms with E-state index in [9.17, 15) is 4.79 Å². The van der Waals surface area contributed by atoms with Crippen LogP contribution in [0.4, 0.5) is 5.13 Å². The minimum atomic E-state index is -0.459. The Morgan fingerprint density at radius 3 is 2.56 bits per heavy atom. The molecule has 0 aliphatic carbocycles. The van der Waals surface area contributed by atoms with Gasteiger partial charge in [-0.3, -0.25) is 4.79 Å². The number of anilines is 1. The van der Waals surface area contributed by atoms with Crippen LogP contribution < -0.4 is 11.1 Å². The molecule has 5 heteroatoms. The van der Waals surface area contributed by atoms with E-state index < -0.39 is 5.41 Å². The van der Waals surface area contributed by atoms with E-state index in [0.29, 0.717) is 11.7 Å². The van der Waals surface area contributed by atoms with Crippen LogP contribution in [0, 0.1) is 12.3 Å². The largest absolute Gasteiger partial charge is 0.329 e. The smallest absolute Gasteiger partial charge is 0.233 e. The van der Waals surface area contributed by atoms with Gasteiger partial charge in [0.15, 0.2) is 5.13 Å². The molecule has 0 atom stereocenters. The van der Waals surface area contributed by atoms with Crippen molar-refractivity contribution < 1.29 is 4.79 Å². The summed E-state index contributed by atoms with van der Waals surface area (Å²) in [5.41, 5.74) is 5.25. The van der Waals surface area contributed by atoms with Crippen molar-refractivity contribution in [1.29, 1.82) is 0 Å². The van der Waals surface area contributed by atoms with Crippen LogP contribution in [0.3, 0.4) is 0 Å². The van der Waals surface area contributed by atoms with Gasteiger partial charge in [0.05, 0.1) is 5.41 Å². The lowest BCUT2D eigenvalue weighted by atomic mass is 9.81. The van der Waals surface area contributed by atoms with E-state index >= 15 is 0 Å². The Balaban J connectivity index is 2.77. The van der Waals surface area contributed by atoms with Gasteiger partial charge in [-0.25, -0.2) is 4.98 Å². The number of nitrogens with one attached hydrogen (secondary N) is 1.